The Hall–Kier alpha value is -1.99. The van der Waals surface area contributed by atoms with Crippen LogP contribution in [0.3, 0.4) is 0 Å². The summed E-state index contributed by atoms with van der Waals surface area (Å²) < 4.78 is 7.97. The van der Waals surface area contributed by atoms with E-state index in [1.807, 2.05) is 36.6 Å². The van der Waals surface area contributed by atoms with Crippen LogP contribution in [0.2, 0.25) is 5.02 Å². The Labute approximate surface area is 181 Å². The smallest absolute Gasteiger partial charge is 0.230 e. The lowest BCUT2D eigenvalue weighted by molar-refractivity contribution is -0.119. The molecule has 2 aromatic rings. The number of ether oxygens (including phenoxy) is 1. The first kappa shape index (κ1) is 21.7. The van der Waals surface area contributed by atoms with E-state index in [-0.39, 0.29) is 12.0 Å². The number of carbonyl (C=O) groups excluding carboxylic acids is 1. The predicted octanol–water partition coefficient (Wildman–Crippen LogP) is 4.72. The Kier molecular flexibility index (Phi) is 7.61. The molecule has 1 aliphatic rings. The lowest BCUT2D eigenvalue weighted by Gasteiger charge is -2.17. The van der Waals surface area contributed by atoms with E-state index in [9.17, 15) is 4.79 Å². The van der Waals surface area contributed by atoms with Crippen molar-refractivity contribution >= 4 is 29.3 Å². The normalized spacial score (nSPS) is 15.3. The highest BCUT2D eigenvalue weighted by atomic mass is 35.5. The highest BCUT2D eigenvalue weighted by molar-refractivity contribution is 7.99. The molecule has 156 valence electrons. The molecule has 0 spiro atoms. The molecule has 1 unspecified atom stereocenters. The fourth-order valence-electron chi connectivity index (χ4n) is 3.42. The Balaban J connectivity index is 1.67. The van der Waals surface area contributed by atoms with Crippen molar-refractivity contribution < 1.29 is 9.53 Å². The van der Waals surface area contributed by atoms with E-state index in [1.165, 1.54) is 24.6 Å². The third-order valence-corrected chi connectivity index (χ3v) is 6.14. The van der Waals surface area contributed by atoms with E-state index in [4.69, 9.17) is 16.3 Å². The zero-order valence-electron chi connectivity index (χ0n) is 16.9. The largest absolute Gasteiger partial charge is 0.481 e. The summed E-state index contributed by atoms with van der Waals surface area (Å²) in [4.78, 5) is 12.2. The summed E-state index contributed by atoms with van der Waals surface area (Å²) in [6.45, 7) is 8.25. The second-order valence-electron chi connectivity index (χ2n) is 7.27. The average molecular weight is 435 g/mol. The molecule has 1 saturated carbocycles. The molecule has 0 radical (unpaired) electrons. The Morgan fingerprint density at radius 1 is 1.45 bits per heavy atom. The molecule has 1 N–H and O–H groups in total. The van der Waals surface area contributed by atoms with Gasteiger partial charge in [0.05, 0.1) is 10.8 Å². The minimum Gasteiger partial charge on any atom is -0.481 e. The molecule has 3 rings (SSSR count). The Morgan fingerprint density at radius 2 is 2.21 bits per heavy atom. The molecule has 1 atom stereocenters. The van der Waals surface area contributed by atoms with Gasteiger partial charge in [0, 0.05) is 12.6 Å². The predicted molar refractivity (Wildman–Crippen MR) is 117 cm³/mol. The third kappa shape index (κ3) is 5.76. The monoisotopic (exact) mass is 434 g/mol. The number of nitrogens with one attached hydrogen (secondary N) is 1. The summed E-state index contributed by atoms with van der Waals surface area (Å²) in [5, 5.41) is 12.9. The molecule has 0 aliphatic heterocycles. The highest BCUT2D eigenvalue weighted by Gasteiger charge is 2.22. The van der Waals surface area contributed by atoms with E-state index < -0.39 is 0 Å². The molecule has 0 bridgehead atoms. The van der Waals surface area contributed by atoms with Crippen molar-refractivity contribution in [3.63, 3.8) is 0 Å². The van der Waals surface area contributed by atoms with E-state index >= 15 is 0 Å². The number of allylic oxidation sites excluding steroid dienone is 1. The summed E-state index contributed by atoms with van der Waals surface area (Å²) in [6, 6.07) is 5.97. The SMILES string of the molecule is C=CCn1c(SCC(=O)NC2CCCC2)nnc1C(C)Oc1cc(C)ccc1Cl. The van der Waals surface area contributed by atoms with Crippen molar-refractivity contribution in [1.82, 2.24) is 20.1 Å². The molecule has 1 aromatic heterocycles. The van der Waals surface area contributed by atoms with Crippen molar-refractivity contribution in [3.05, 3.63) is 47.3 Å². The van der Waals surface area contributed by atoms with Crippen LogP contribution in [0, 0.1) is 6.92 Å². The fraction of sp³-hybridized carbons (Fsp3) is 0.476. The fourth-order valence-corrected chi connectivity index (χ4v) is 4.35. The number of nitrogens with zero attached hydrogens (tertiary/aromatic N) is 3. The lowest BCUT2D eigenvalue weighted by atomic mass is 10.2. The molecular formula is C21H27ClN4O2S. The topological polar surface area (TPSA) is 69.0 Å². The summed E-state index contributed by atoms with van der Waals surface area (Å²) in [5.41, 5.74) is 1.06. The van der Waals surface area contributed by atoms with E-state index in [1.54, 1.807) is 6.08 Å². The van der Waals surface area contributed by atoms with Gasteiger partial charge in [0.2, 0.25) is 5.91 Å². The summed E-state index contributed by atoms with van der Waals surface area (Å²) in [7, 11) is 0. The van der Waals surface area contributed by atoms with Crippen LogP contribution < -0.4 is 10.1 Å². The van der Waals surface area contributed by atoms with E-state index in [0.29, 0.717) is 40.1 Å². The molecule has 6 nitrogen and oxygen atoms in total. The van der Waals surface area contributed by atoms with Gasteiger partial charge in [0.25, 0.3) is 0 Å². The minimum absolute atomic E-state index is 0.0347. The van der Waals surface area contributed by atoms with Crippen LogP contribution in [0.4, 0.5) is 0 Å². The highest BCUT2D eigenvalue weighted by Crippen LogP contribution is 2.30. The molecule has 8 heteroatoms. The number of hydrogen-bond acceptors (Lipinski definition) is 5. The number of aryl methyl sites for hydroxylation is 1. The van der Waals surface area contributed by atoms with Crippen LogP contribution >= 0.6 is 23.4 Å². The van der Waals surface area contributed by atoms with E-state index in [2.05, 4.69) is 22.1 Å². The number of thioether (sulfide) groups is 1. The number of amides is 1. The molecule has 0 saturated heterocycles. The second-order valence-corrected chi connectivity index (χ2v) is 8.62. The van der Waals surface area contributed by atoms with Gasteiger partial charge in [-0.2, -0.15) is 0 Å². The number of halogens is 1. The summed E-state index contributed by atoms with van der Waals surface area (Å²) in [6.07, 6.45) is 5.95. The van der Waals surface area contributed by atoms with Crippen LogP contribution in [0.25, 0.3) is 0 Å². The molecule has 29 heavy (non-hydrogen) atoms. The maximum absolute atomic E-state index is 12.2. The number of carbonyl (C=O) groups is 1. The molecule has 1 fully saturated rings. The van der Waals surface area contributed by atoms with Gasteiger partial charge in [0.1, 0.15) is 5.75 Å². The van der Waals surface area contributed by atoms with Crippen molar-refractivity contribution in [2.75, 3.05) is 5.75 Å². The first-order valence-electron chi connectivity index (χ1n) is 9.87. The standard InChI is InChI=1S/C21H27ClN4O2S/c1-4-11-26-20(15(3)28-18-12-14(2)9-10-17(18)22)24-25-21(26)29-13-19(27)23-16-7-5-6-8-16/h4,9-10,12,15-16H,1,5-8,11,13H2,2-3H3,(H,23,27). The quantitative estimate of drug-likeness (QED) is 0.457. The molecule has 1 aromatic carbocycles. The first-order valence-corrected chi connectivity index (χ1v) is 11.2. The molecule has 1 aliphatic carbocycles. The summed E-state index contributed by atoms with van der Waals surface area (Å²) in [5.74, 6) is 1.62. The van der Waals surface area contributed by atoms with Crippen LogP contribution in [-0.2, 0) is 11.3 Å². The Bertz CT molecular complexity index is 864. The maximum Gasteiger partial charge on any atom is 0.230 e. The van der Waals surface area contributed by atoms with Crippen molar-refractivity contribution in [1.29, 1.82) is 0 Å². The van der Waals surface area contributed by atoms with Crippen LogP contribution in [0.1, 0.15) is 50.1 Å². The van der Waals surface area contributed by atoms with Gasteiger partial charge in [-0.15, -0.1) is 16.8 Å². The maximum atomic E-state index is 12.2. The number of aromatic nitrogens is 3. The molecular weight excluding hydrogens is 408 g/mol. The first-order chi connectivity index (χ1) is 14.0. The zero-order chi connectivity index (χ0) is 20.8. The average Bonchev–Trinajstić information content (AvgIpc) is 3.33. The van der Waals surface area contributed by atoms with Gasteiger partial charge >= 0.3 is 0 Å². The third-order valence-electron chi connectivity index (χ3n) is 4.86. The van der Waals surface area contributed by atoms with Gasteiger partial charge in [-0.3, -0.25) is 9.36 Å². The number of rotatable bonds is 9. The van der Waals surface area contributed by atoms with Crippen molar-refractivity contribution in [3.8, 4) is 5.75 Å². The van der Waals surface area contributed by atoms with Crippen LogP contribution in [-0.4, -0.2) is 32.5 Å². The van der Waals surface area contributed by atoms with Crippen LogP contribution in [0.5, 0.6) is 5.75 Å². The zero-order valence-corrected chi connectivity index (χ0v) is 18.4. The van der Waals surface area contributed by atoms with Gasteiger partial charge in [-0.05, 0) is 44.4 Å². The number of hydrogen-bond donors (Lipinski definition) is 1. The van der Waals surface area contributed by atoms with Crippen LogP contribution in [0.15, 0.2) is 36.0 Å². The molecule has 1 heterocycles. The number of benzene rings is 1. The van der Waals surface area contributed by atoms with Crippen molar-refractivity contribution in [2.24, 2.45) is 0 Å². The Morgan fingerprint density at radius 3 is 2.93 bits per heavy atom. The van der Waals surface area contributed by atoms with Gasteiger partial charge in [-0.25, -0.2) is 0 Å². The summed E-state index contributed by atoms with van der Waals surface area (Å²) >= 11 is 7.63. The minimum atomic E-state index is -0.358. The second kappa shape index (κ2) is 10.2. The lowest BCUT2D eigenvalue weighted by Crippen LogP contribution is -2.33. The van der Waals surface area contributed by atoms with Gasteiger partial charge in [0.15, 0.2) is 17.1 Å². The van der Waals surface area contributed by atoms with Gasteiger partial charge < -0.3 is 10.1 Å². The molecule has 1 amide bonds. The van der Waals surface area contributed by atoms with Crippen molar-refractivity contribution in [2.45, 2.75) is 63.4 Å². The van der Waals surface area contributed by atoms with E-state index in [0.717, 1.165) is 18.4 Å². The van der Waals surface area contributed by atoms with Gasteiger partial charge in [-0.1, -0.05) is 48.3 Å².